The zero-order valence-electron chi connectivity index (χ0n) is 14.7. The van der Waals surface area contributed by atoms with Crippen molar-refractivity contribution < 1.29 is 18.7 Å². The Labute approximate surface area is 156 Å². The minimum Gasteiger partial charge on any atom is -0.372 e. The fourth-order valence-corrected chi connectivity index (χ4v) is 3.66. The van der Waals surface area contributed by atoms with Gasteiger partial charge in [-0.25, -0.2) is 4.39 Å². The van der Waals surface area contributed by atoms with E-state index in [2.05, 4.69) is 11.9 Å². The number of amides is 2. The van der Waals surface area contributed by atoms with Gasteiger partial charge in [0.15, 0.2) is 0 Å². The van der Waals surface area contributed by atoms with Crippen LogP contribution in [0, 0.1) is 5.82 Å². The molecule has 6 heteroatoms. The van der Waals surface area contributed by atoms with Gasteiger partial charge in [0.25, 0.3) is 5.91 Å². The van der Waals surface area contributed by atoms with Crippen molar-refractivity contribution in [3.05, 3.63) is 66.5 Å². The number of rotatable bonds is 4. The summed E-state index contributed by atoms with van der Waals surface area (Å²) in [6, 6.07) is 10.8. The lowest BCUT2D eigenvalue weighted by Gasteiger charge is -2.20. The molecule has 2 aromatic rings. The number of carbonyl (C=O) groups is 2. The van der Waals surface area contributed by atoms with E-state index in [1.165, 1.54) is 6.07 Å². The molecule has 27 heavy (non-hydrogen) atoms. The lowest BCUT2D eigenvalue weighted by molar-refractivity contribution is -0.119. The molecule has 0 aliphatic carbocycles. The predicted molar refractivity (Wildman–Crippen MR) is 99.8 cm³/mol. The summed E-state index contributed by atoms with van der Waals surface area (Å²) in [4.78, 5) is 27.2. The molecule has 4 rings (SSSR count). The fourth-order valence-electron chi connectivity index (χ4n) is 3.66. The Kier molecular flexibility index (Phi) is 4.49. The molecule has 0 saturated carbocycles. The van der Waals surface area contributed by atoms with E-state index in [-0.39, 0.29) is 23.7 Å². The van der Waals surface area contributed by atoms with Crippen LogP contribution in [-0.4, -0.2) is 42.0 Å². The van der Waals surface area contributed by atoms with E-state index in [4.69, 9.17) is 4.74 Å². The number of nitrogens with one attached hydrogen (secondary N) is 1. The number of hydrogen-bond donors (Lipinski definition) is 1. The molecule has 138 valence electrons. The van der Waals surface area contributed by atoms with Crippen LogP contribution in [0.15, 0.2) is 55.1 Å². The van der Waals surface area contributed by atoms with E-state index in [9.17, 15) is 14.0 Å². The number of benzene rings is 2. The predicted octanol–water partition coefficient (Wildman–Crippen LogP) is 3.23. The van der Waals surface area contributed by atoms with Gasteiger partial charge in [-0.15, -0.1) is 6.58 Å². The maximum absolute atomic E-state index is 14.1. The molecule has 0 unspecified atom stereocenters. The van der Waals surface area contributed by atoms with E-state index in [1.807, 2.05) is 0 Å². The lowest BCUT2D eigenvalue weighted by atomic mass is 10.0. The Morgan fingerprint density at radius 2 is 2.04 bits per heavy atom. The van der Waals surface area contributed by atoms with Gasteiger partial charge >= 0.3 is 0 Å². The molecule has 2 amide bonds. The number of ether oxygens (including phenoxy) is 1. The molecule has 2 aliphatic heterocycles. The minimum absolute atomic E-state index is 0.209. The van der Waals surface area contributed by atoms with Crippen LogP contribution in [0.5, 0.6) is 0 Å². The van der Waals surface area contributed by atoms with E-state index < -0.39 is 6.04 Å². The van der Waals surface area contributed by atoms with Crippen molar-refractivity contribution >= 4 is 17.5 Å². The van der Waals surface area contributed by atoms with Gasteiger partial charge in [-0.05, 0) is 23.8 Å². The molecule has 2 heterocycles. The van der Waals surface area contributed by atoms with Crippen molar-refractivity contribution in [2.45, 2.75) is 18.6 Å². The maximum atomic E-state index is 14.1. The first-order valence-corrected chi connectivity index (χ1v) is 8.81. The highest BCUT2D eigenvalue weighted by Crippen LogP contribution is 2.33. The van der Waals surface area contributed by atoms with Gasteiger partial charge in [0.2, 0.25) is 5.91 Å². The summed E-state index contributed by atoms with van der Waals surface area (Å²) < 4.78 is 19.8. The molecule has 1 fully saturated rings. The summed E-state index contributed by atoms with van der Waals surface area (Å²) in [5.41, 5.74) is 1.81. The fraction of sp³-hybridized carbons (Fsp3) is 0.238. The molecule has 2 atom stereocenters. The highest BCUT2D eigenvalue weighted by molar-refractivity contribution is 6.10. The van der Waals surface area contributed by atoms with E-state index >= 15 is 0 Å². The molecule has 0 bridgehead atoms. The highest BCUT2D eigenvalue weighted by atomic mass is 19.1. The normalized spacial score (nSPS) is 21.3. The monoisotopic (exact) mass is 366 g/mol. The average molecular weight is 366 g/mol. The van der Waals surface area contributed by atoms with E-state index in [1.54, 1.807) is 47.4 Å². The Morgan fingerprint density at radius 1 is 1.22 bits per heavy atom. The van der Waals surface area contributed by atoms with E-state index in [0.717, 1.165) is 0 Å². The van der Waals surface area contributed by atoms with Crippen molar-refractivity contribution in [3.8, 4) is 11.1 Å². The molecule has 2 aliphatic rings. The molecule has 0 radical (unpaired) electrons. The topological polar surface area (TPSA) is 58.6 Å². The lowest BCUT2D eigenvalue weighted by Crippen LogP contribution is -2.40. The molecule has 0 spiro atoms. The molecular formula is C21H19FN2O3. The van der Waals surface area contributed by atoms with Crippen LogP contribution < -0.4 is 5.32 Å². The van der Waals surface area contributed by atoms with Gasteiger partial charge in [0, 0.05) is 18.5 Å². The molecular weight excluding hydrogens is 347 g/mol. The number of nitrogens with zero attached hydrogens (tertiary/aromatic N) is 1. The first kappa shape index (κ1) is 17.4. The van der Waals surface area contributed by atoms with Crippen LogP contribution in [0.4, 0.5) is 10.1 Å². The van der Waals surface area contributed by atoms with Gasteiger partial charge in [-0.3, -0.25) is 9.59 Å². The van der Waals surface area contributed by atoms with Crippen LogP contribution in [0.2, 0.25) is 0 Å². The second-order valence-corrected chi connectivity index (χ2v) is 6.68. The quantitative estimate of drug-likeness (QED) is 0.846. The Morgan fingerprint density at radius 3 is 2.81 bits per heavy atom. The first-order valence-electron chi connectivity index (χ1n) is 8.81. The molecule has 1 N–H and O–H groups in total. The molecule has 5 nitrogen and oxygen atoms in total. The summed E-state index contributed by atoms with van der Waals surface area (Å²) in [6.07, 6.45) is 1.88. The zero-order chi connectivity index (χ0) is 19.0. The smallest absolute Gasteiger partial charge is 0.256 e. The molecule has 2 aromatic carbocycles. The van der Waals surface area contributed by atoms with Gasteiger partial charge in [0.1, 0.15) is 11.9 Å². The van der Waals surface area contributed by atoms with Gasteiger partial charge in [0.05, 0.1) is 24.0 Å². The van der Waals surface area contributed by atoms with Gasteiger partial charge in [-0.1, -0.05) is 30.3 Å². The Hall–Kier alpha value is -2.99. The summed E-state index contributed by atoms with van der Waals surface area (Å²) in [5.74, 6) is -0.846. The number of hydrogen-bond acceptors (Lipinski definition) is 3. The third-order valence-corrected chi connectivity index (χ3v) is 4.97. The number of carbonyl (C=O) groups excluding carboxylic acids is 2. The second-order valence-electron chi connectivity index (χ2n) is 6.68. The van der Waals surface area contributed by atoms with Gasteiger partial charge < -0.3 is 15.0 Å². The largest absolute Gasteiger partial charge is 0.372 e. The summed E-state index contributed by atoms with van der Waals surface area (Å²) in [7, 11) is 0. The third kappa shape index (κ3) is 3.13. The first-order chi connectivity index (χ1) is 13.1. The van der Waals surface area contributed by atoms with Crippen LogP contribution in [-0.2, 0) is 9.53 Å². The molecule has 1 saturated heterocycles. The number of anilines is 1. The van der Waals surface area contributed by atoms with Crippen LogP contribution in [0.1, 0.15) is 16.8 Å². The Balaban J connectivity index is 1.70. The highest BCUT2D eigenvalue weighted by Gasteiger charge is 2.43. The standard InChI is InChI=1S/C21H19FN2O3/c1-2-9-27-14-11-19-20(25)23-18-8-7-13(15-5-3-4-6-17(15)22)10-16(18)21(26)24(19)12-14/h2-8,10,14,19H,1,9,11-12H2,(H,23,25)/t14-,19+/m0/s1. The van der Waals surface area contributed by atoms with Crippen molar-refractivity contribution in [3.63, 3.8) is 0 Å². The maximum Gasteiger partial charge on any atom is 0.256 e. The average Bonchev–Trinajstić information content (AvgIpc) is 3.07. The zero-order valence-corrected chi connectivity index (χ0v) is 14.7. The summed E-state index contributed by atoms with van der Waals surface area (Å²) >= 11 is 0. The van der Waals surface area contributed by atoms with Crippen LogP contribution in [0.25, 0.3) is 11.1 Å². The summed E-state index contributed by atoms with van der Waals surface area (Å²) in [5, 5.41) is 2.82. The van der Waals surface area contributed by atoms with Crippen molar-refractivity contribution in [2.24, 2.45) is 0 Å². The number of halogens is 1. The third-order valence-electron chi connectivity index (χ3n) is 4.97. The SMILES string of the molecule is C=CCO[C@H]1C[C@@H]2C(=O)Nc3ccc(-c4ccccc4F)cc3C(=O)N2C1. The van der Waals surface area contributed by atoms with Crippen molar-refractivity contribution in [1.29, 1.82) is 0 Å². The second kappa shape index (κ2) is 6.96. The van der Waals surface area contributed by atoms with E-state index in [0.29, 0.717) is 42.0 Å². The molecule has 0 aromatic heterocycles. The summed E-state index contributed by atoms with van der Waals surface area (Å²) in [6.45, 7) is 4.33. The minimum atomic E-state index is -0.573. The Bertz CT molecular complexity index is 927. The van der Waals surface area contributed by atoms with Crippen molar-refractivity contribution in [2.75, 3.05) is 18.5 Å². The van der Waals surface area contributed by atoms with Crippen molar-refractivity contribution in [1.82, 2.24) is 4.90 Å². The van der Waals surface area contributed by atoms with Crippen LogP contribution in [0.3, 0.4) is 0 Å². The number of fused-ring (bicyclic) bond motifs is 2. The van der Waals surface area contributed by atoms with Gasteiger partial charge in [-0.2, -0.15) is 0 Å². The van der Waals surface area contributed by atoms with Crippen LogP contribution >= 0.6 is 0 Å².